The number of aromatic nitrogens is 1. The van der Waals surface area contributed by atoms with Gasteiger partial charge in [-0.3, -0.25) is 9.59 Å². The third kappa shape index (κ3) is 2.95. The molecule has 1 rings (SSSR count). The van der Waals surface area contributed by atoms with Gasteiger partial charge in [-0.1, -0.05) is 0 Å². The van der Waals surface area contributed by atoms with Crippen LogP contribution in [0.2, 0.25) is 0 Å². The van der Waals surface area contributed by atoms with Crippen LogP contribution in [0, 0.1) is 11.3 Å². The second-order valence-corrected chi connectivity index (χ2v) is 2.81. The molecule has 0 saturated carbocycles. The third-order valence-electron chi connectivity index (χ3n) is 1.75. The van der Waals surface area contributed by atoms with E-state index in [1.165, 1.54) is 12.1 Å². The minimum absolute atomic E-state index is 0.0905. The molecule has 0 aliphatic carbocycles. The number of hydrogen-bond acceptors (Lipinski definition) is 4. The zero-order valence-electron chi connectivity index (χ0n) is 8.24. The van der Waals surface area contributed by atoms with Crippen molar-refractivity contribution in [3.63, 3.8) is 0 Å². The first-order chi connectivity index (χ1) is 7.17. The van der Waals surface area contributed by atoms with Gasteiger partial charge in [0.05, 0.1) is 18.6 Å². The quantitative estimate of drug-likeness (QED) is 0.723. The van der Waals surface area contributed by atoms with Gasteiger partial charge in [0, 0.05) is 11.8 Å². The van der Waals surface area contributed by atoms with Crippen LogP contribution in [-0.4, -0.2) is 17.6 Å². The number of rotatable bonds is 3. The van der Waals surface area contributed by atoms with E-state index in [2.05, 4.69) is 4.98 Å². The zero-order valence-corrected chi connectivity index (χ0v) is 8.24. The molecule has 0 saturated heterocycles. The fourth-order valence-electron chi connectivity index (χ4n) is 1.12. The van der Waals surface area contributed by atoms with Crippen LogP contribution in [0.1, 0.15) is 18.2 Å². The normalized spacial score (nSPS) is 9.33. The van der Waals surface area contributed by atoms with Gasteiger partial charge >= 0.3 is 5.97 Å². The summed E-state index contributed by atoms with van der Waals surface area (Å²) in [4.78, 5) is 24.6. The molecule has 0 radical (unpaired) electrons. The van der Waals surface area contributed by atoms with Gasteiger partial charge in [-0.25, -0.2) is 0 Å². The first-order valence-corrected chi connectivity index (χ1v) is 4.45. The number of hydrogen-bond donors (Lipinski definition) is 1. The van der Waals surface area contributed by atoms with E-state index in [9.17, 15) is 9.59 Å². The van der Waals surface area contributed by atoms with Gasteiger partial charge in [0.2, 0.25) is 5.56 Å². The number of carbonyl (C=O) groups excluding carboxylic acids is 1. The summed E-state index contributed by atoms with van der Waals surface area (Å²) >= 11 is 0. The fourth-order valence-corrected chi connectivity index (χ4v) is 1.12. The number of H-pyrrole nitrogens is 1. The molecule has 5 heteroatoms. The molecule has 0 atom stereocenters. The van der Waals surface area contributed by atoms with Crippen LogP contribution in [0.5, 0.6) is 0 Å². The van der Waals surface area contributed by atoms with Crippen LogP contribution < -0.4 is 5.56 Å². The Labute approximate surface area is 86.3 Å². The van der Waals surface area contributed by atoms with Gasteiger partial charge in [-0.05, 0) is 13.0 Å². The molecule has 1 aromatic heterocycles. The average Bonchev–Trinajstić information content (AvgIpc) is 2.18. The molecule has 15 heavy (non-hydrogen) atoms. The van der Waals surface area contributed by atoms with Gasteiger partial charge < -0.3 is 9.72 Å². The lowest BCUT2D eigenvalue weighted by molar-refractivity contribution is -0.142. The summed E-state index contributed by atoms with van der Waals surface area (Å²) < 4.78 is 4.71. The second kappa shape index (κ2) is 4.96. The summed E-state index contributed by atoms with van der Waals surface area (Å²) in [5.74, 6) is -0.462. The fraction of sp³-hybridized carbons (Fsp3) is 0.300. The Bertz CT molecular complexity index is 456. The number of pyridine rings is 1. The molecule has 78 valence electrons. The summed E-state index contributed by atoms with van der Waals surface area (Å²) in [6, 6.07) is 4.52. The molecular formula is C10H10N2O3. The van der Waals surface area contributed by atoms with Crippen molar-refractivity contribution in [3.05, 3.63) is 33.7 Å². The number of ether oxygens (including phenoxy) is 1. The standard InChI is InChI=1S/C10H10N2O3/c1-2-15-10(14)5-8-7(6-11)3-4-9(13)12-8/h3-4H,2,5H2,1H3,(H,12,13). The molecule has 0 aliphatic rings. The van der Waals surface area contributed by atoms with E-state index in [0.29, 0.717) is 5.69 Å². The monoisotopic (exact) mass is 206 g/mol. The Kier molecular flexibility index (Phi) is 3.63. The lowest BCUT2D eigenvalue weighted by atomic mass is 10.1. The smallest absolute Gasteiger partial charge is 0.311 e. The van der Waals surface area contributed by atoms with Gasteiger partial charge in [-0.2, -0.15) is 5.26 Å². The van der Waals surface area contributed by atoms with Crippen molar-refractivity contribution < 1.29 is 9.53 Å². The molecule has 1 aromatic rings. The second-order valence-electron chi connectivity index (χ2n) is 2.81. The first-order valence-electron chi connectivity index (χ1n) is 4.45. The minimum atomic E-state index is -0.462. The third-order valence-corrected chi connectivity index (χ3v) is 1.75. The van der Waals surface area contributed by atoms with Crippen LogP contribution in [0.15, 0.2) is 16.9 Å². The van der Waals surface area contributed by atoms with Crippen LogP contribution >= 0.6 is 0 Å². The number of nitrogens with one attached hydrogen (secondary N) is 1. The Morgan fingerprint density at radius 1 is 1.60 bits per heavy atom. The van der Waals surface area contributed by atoms with Crippen molar-refractivity contribution >= 4 is 5.97 Å². The molecule has 1 N–H and O–H groups in total. The number of aromatic amines is 1. The summed E-state index contributed by atoms with van der Waals surface area (Å²) in [6.07, 6.45) is -0.0905. The lowest BCUT2D eigenvalue weighted by Gasteiger charge is -2.02. The van der Waals surface area contributed by atoms with Crippen molar-refractivity contribution in [2.45, 2.75) is 13.3 Å². The molecule has 0 aliphatic heterocycles. The summed E-state index contributed by atoms with van der Waals surface area (Å²) in [5.41, 5.74) is 0.236. The highest BCUT2D eigenvalue weighted by molar-refractivity contribution is 5.72. The van der Waals surface area contributed by atoms with E-state index < -0.39 is 5.97 Å². The molecule has 0 bridgehead atoms. The van der Waals surface area contributed by atoms with E-state index in [4.69, 9.17) is 10.00 Å². The zero-order chi connectivity index (χ0) is 11.3. The van der Waals surface area contributed by atoms with E-state index in [0.717, 1.165) is 0 Å². The average molecular weight is 206 g/mol. The SMILES string of the molecule is CCOC(=O)Cc1[nH]c(=O)ccc1C#N. The van der Waals surface area contributed by atoms with Crippen molar-refractivity contribution in [1.29, 1.82) is 5.26 Å². The lowest BCUT2D eigenvalue weighted by Crippen LogP contribution is -2.15. The van der Waals surface area contributed by atoms with Crippen molar-refractivity contribution in [2.75, 3.05) is 6.61 Å². The molecule has 0 amide bonds. The highest BCUT2D eigenvalue weighted by Crippen LogP contribution is 2.03. The van der Waals surface area contributed by atoms with Crippen LogP contribution in [0.25, 0.3) is 0 Å². The maximum Gasteiger partial charge on any atom is 0.311 e. The van der Waals surface area contributed by atoms with Crippen LogP contribution in [-0.2, 0) is 16.0 Å². The summed E-state index contributed by atoms with van der Waals surface area (Å²) in [7, 11) is 0. The maximum absolute atomic E-state index is 11.1. The molecule has 0 spiro atoms. The van der Waals surface area contributed by atoms with E-state index >= 15 is 0 Å². The molecule has 0 fully saturated rings. The summed E-state index contributed by atoms with van der Waals surface area (Å²) in [6.45, 7) is 1.97. The van der Waals surface area contributed by atoms with E-state index in [1.807, 2.05) is 6.07 Å². The molecule has 0 unspecified atom stereocenters. The van der Waals surface area contributed by atoms with Gasteiger partial charge in [0.15, 0.2) is 0 Å². The Morgan fingerprint density at radius 3 is 2.93 bits per heavy atom. The molecular weight excluding hydrogens is 196 g/mol. The molecule has 5 nitrogen and oxygen atoms in total. The predicted molar refractivity (Wildman–Crippen MR) is 52.1 cm³/mol. The summed E-state index contributed by atoms with van der Waals surface area (Å²) in [5, 5.41) is 8.73. The Balaban J connectivity index is 2.93. The highest BCUT2D eigenvalue weighted by Gasteiger charge is 2.09. The van der Waals surface area contributed by atoms with Crippen molar-refractivity contribution in [2.24, 2.45) is 0 Å². The topological polar surface area (TPSA) is 83.0 Å². The molecule has 0 aromatic carbocycles. The van der Waals surface area contributed by atoms with E-state index in [-0.39, 0.29) is 24.2 Å². The van der Waals surface area contributed by atoms with Crippen LogP contribution in [0.3, 0.4) is 0 Å². The van der Waals surface area contributed by atoms with Gasteiger partial charge in [-0.15, -0.1) is 0 Å². The largest absolute Gasteiger partial charge is 0.466 e. The van der Waals surface area contributed by atoms with Crippen molar-refractivity contribution in [3.8, 4) is 6.07 Å². The van der Waals surface area contributed by atoms with Crippen LogP contribution in [0.4, 0.5) is 0 Å². The van der Waals surface area contributed by atoms with Gasteiger partial charge in [0.25, 0.3) is 0 Å². The number of nitriles is 1. The van der Waals surface area contributed by atoms with E-state index in [1.54, 1.807) is 6.92 Å². The highest BCUT2D eigenvalue weighted by atomic mass is 16.5. The Hall–Kier alpha value is -2.09. The first kappa shape index (κ1) is 11.0. The number of carbonyl (C=O) groups is 1. The number of esters is 1. The van der Waals surface area contributed by atoms with Crippen molar-refractivity contribution in [1.82, 2.24) is 4.98 Å². The molecule has 1 heterocycles. The number of nitrogens with zero attached hydrogens (tertiary/aromatic N) is 1. The minimum Gasteiger partial charge on any atom is -0.466 e. The van der Waals surface area contributed by atoms with Gasteiger partial charge in [0.1, 0.15) is 6.07 Å². The maximum atomic E-state index is 11.1. The predicted octanol–water partition coefficient (Wildman–Crippen LogP) is 0.352. The Morgan fingerprint density at radius 2 is 2.33 bits per heavy atom.